The van der Waals surface area contributed by atoms with Crippen molar-refractivity contribution in [2.45, 2.75) is 52.0 Å². The van der Waals surface area contributed by atoms with E-state index in [9.17, 15) is 14.7 Å². The number of Topliss-reactive ketones (excluding diaryl/α,β-unsaturated/α-hetero) is 1. The first-order valence-corrected chi connectivity index (χ1v) is 12.5. The number of unbranched alkanes of at least 4 members (excludes halogenated alkanes) is 2. The van der Waals surface area contributed by atoms with Gasteiger partial charge in [-0.2, -0.15) is 0 Å². The van der Waals surface area contributed by atoms with Crippen molar-refractivity contribution in [2.75, 3.05) is 26.2 Å². The second-order valence-corrected chi connectivity index (χ2v) is 9.09. The molecule has 1 aliphatic rings. The summed E-state index contributed by atoms with van der Waals surface area (Å²) in [6.45, 7) is 7.72. The number of carbonyl (C=O) groups is 2. The number of benzene rings is 1. The number of nitrogens with zero attached hydrogens (tertiary/aromatic N) is 3. The molecular weight excluding hydrogens is 450 g/mol. The Bertz CT molecular complexity index is 984. The third-order valence-corrected chi connectivity index (χ3v) is 6.41. The third-order valence-electron chi connectivity index (χ3n) is 6.15. The monoisotopic (exact) mass is 483 g/mol. The molecule has 2 heterocycles. The van der Waals surface area contributed by atoms with Crippen molar-refractivity contribution in [1.29, 1.82) is 0 Å². The first kappa shape index (κ1) is 25.9. The summed E-state index contributed by atoms with van der Waals surface area (Å²) < 4.78 is 0. The number of carbonyl (C=O) groups excluding carboxylic acids is 2. The van der Waals surface area contributed by atoms with E-state index in [1.165, 1.54) is 0 Å². The predicted octanol–water partition coefficient (Wildman–Crippen LogP) is 5.45. The van der Waals surface area contributed by atoms with Gasteiger partial charge in [0.25, 0.3) is 11.7 Å². The summed E-state index contributed by atoms with van der Waals surface area (Å²) in [6.07, 6.45) is 6.94. The summed E-state index contributed by atoms with van der Waals surface area (Å²) in [5.74, 6) is -1.49. The molecule has 1 aromatic carbocycles. The highest BCUT2D eigenvalue weighted by molar-refractivity contribution is 6.46. The summed E-state index contributed by atoms with van der Waals surface area (Å²) in [5.41, 5.74) is 1.07. The Balaban J connectivity index is 1.87. The number of rotatable bonds is 12. The minimum atomic E-state index is -0.725. The number of hydrogen-bond donors (Lipinski definition) is 1. The molecule has 0 bridgehead atoms. The van der Waals surface area contributed by atoms with Crippen molar-refractivity contribution in [3.8, 4) is 0 Å². The molecule has 1 unspecified atom stereocenters. The highest BCUT2D eigenvalue weighted by atomic mass is 35.5. The van der Waals surface area contributed by atoms with E-state index >= 15 is 0 Å². The number of aliphatic hydroxyl groups is 1. The van der Waals surface area contributed by atoms with Gasteiger partial charge in [-0.3, -0.25) is 14.6 Å². The largest absolute Gasteiger partial charge is 0.507 e. The Morgan fingerprint density at radius 2 is 1.65 bits per heavy atom. The lowest BCUT2D eigenvalue weighted by atomic mass is 9.98. The molecule has 1 fully saturated rings. The number of aromatic nitrogens is 1. The number of ketones is 1. The molecule has 7 heteroatoms. The maximum absolute atomic E-state index is 13.1. The first-order chi connectivity index (χ1) is 16.5. The Morgan fingerprint density at radius 1 is 1.00 bits per heavy atom. The summed E-state index contributed by atoms with van der Waals surface area (Å²) >= 11 is 5.98. The molecule has 3 rings (SSSR count). The van der Waals surface area contributed by atoms with Gasteiger partial charge in [0.05, 0.1) is 11.3 Å². The van der Waals surface area contributed by atoms with Gasteiger partial charge in [0.15, 0.2) is 0 Å². The molecule has 1 N–H and O–H groups in total. The summed E-state index contributed by atoms with van der Waals surface area (Å²) in [5, 5.41) is 11.6. The summed E-state index contributed by atoms with van der Waals surface area (Å²) in [7, 11) is 0. The molecule has 1 saturated heterocycles. The van der Waals surface area contributed by atoms with Crippen LogP contribution in [-0.4, -0.2) is 57.8 Å². The van der Waals surface area contributed by atoms with E-state index in [0.29, 0.717) is 22.8 Å². The van der Waals surface area contributed by atoms with Gasteiger partial charge in [-0.05, 0) is 75.3 Å². The molecule has 2 aromatic rings. The zero-order chi connectivity index (χ0) is 24.5. The van der Waals surface area contributed by atoms with Crippen LogP contribution in [-0.2, 0) is 9.59 Å². The van der Waals surface area contributed by atoms with Gasteiger partial charge in [-0.15, -0.1) is 0 Å². The Hall–Kier alpha value is -2.70. The number of hydrogen-bond acceptors (Lipinski definition) is 5. The van der Waals surface area contributed by atoms with E-state index in [1.807, 2.05) is 6.07 Å². The molecule has 6 nitrogen and oxygen atoms in total. The van der Waals surface area contributed by atoms with Crippen molar-refractivity contribution < 1.29 is 14.7 Å². The quantitative estimate of drug-likeness (QED) is 0.247. The van der Waals surface area contributed by atoms with Crippen molar-refractivity contribution in [3.05, 3.63) is 70.5 Å². The van der Waals surface area contributed by atoms with Crippen LogP contribution in [0.4, 0.5) is 0 Å². The molecule has 0 spiro atoms. The van der Waals surface area contributed by atoms with Crippen LogP contribution in [0.3, 0.4) is 0 Å². The van der Waals surface area contributed by atoms with Crippen LogP contribution >= 0.6 is 11.6 Å². The van der Waals surface area contributed by atoms with Gasteiger partial charge in [-0.1, -0.05) is 44.4 Å². The topological polar surface area (TPSA) is 73.7 Å². The molecule has 0 aliphatic carbocycles. The highest BCUT2D eigenvalue weighted by Gasteiger charge is 2.46. The Labute approximate surface area is 207 Å². The number of amides is 1. The molecule has 1 atom stereocenters. The normalized spacial score (nSPS) is 17.6. The number of aliphatic hydroxyl groups excluding tert-OH is 1. The summed E-state index contributed by atoms with van der Waals surface area (Å²) in [6, 6.07) is 11.2. The lowest BCUT2D eigenvalue weighted by molar-refractivity contribution is -0.140. The van der Waals surface area contributed by atoms with Crippen LogP contribution < -0.4 is 0 Å². The lowest BCUT2D eigenvalue weighted by Crippen LogP contribution is -2.34. The maximum atomic E-state index is 13.1. The minimum Gasteiger partial charge on any atom is -0.507 e. The van der Waals surface area contributed by atoms with Gasteiger partial charge in [-0.25, -0.2) is 0 Å². The molecule has 1 aromatic heterocycles. The second-order valence-electron chi connectivity index (χ2n) is 8.66. The van der Waals surface area contributed by atoms with E-state index in [2.05, 4.69) is 23.7 Å². The van der Waals surface area contributed by atoms with Crippen LogP contribution in [0.15, 0.2) is 54.2 Å². The molecule has 182 valence electrons. The van der Waals surface area contributed by atoms with Crippen LogP contribution in [0.1, 0.15) is 63.3 Å². The Morgan fingerprint density at radius 3 is 2.24 bits per heavy atom. The van der Waals surface area contributed by atoms with E-state index in [1.54, 1.807) is 47.5 Å². The molecular formula is C27H34ClN3O3. The van der Waals surface area contributed by atoms with Gasteiger partial charge in [0.2, 0.25) is 0 Å². The van der Waals surface area contributed by atoms with E-state index in [0.717, 1.165) is 51.7 Å². The number of likely N-dealkylation sites (tertiary alicyclic amines) is 1. The number of halogens is 1. The van der Waals surface area contributed by atoms with Gasteiger partial charge < -0.3 is 14.9 Å². The first-order valence-electron chi connectivity index (χ1n) is 12.2. The average molecular weight is 484 g/mol. The number of pyridine rings is 1. The van der Waals surface area contributed by atoms with Crippen molar-refractivity contribution in [1.82, 2.24) is 14.8 Å². The van der Waals surface area contributed by atoms with Gasteiger partial charge in [0, 0.05) is 23.3 Å². The zero-order valence-electron chi connectivity index (χ0n) is 20.0. The standard InChI is InChI=1S/C27H34ClN3O3/c1-3-5-16-30(17-6-4-2)18-9-19-31-24(22-10-7-8-15-29-22)23(26(33)27(31)34)25(32)20-11-13-21(28)14-12-20/h7-8,10-15,24,32H,3-6,9,16-19H2,1-2H3. The molecule has 0 radical (unpaired) electrons. The van der Waals surface area contributed by atoms with E-state index in [4.69, 9.17) is 11.6 Å². The molecule has 1 amide bonds. The fourth-order valence-corrected chi connectivity index (χ4v) is 4.41. The lowest BCUT2D eigenvalue weighted by Gasteiger charge is -2.27. The van der Waals surface area contributed by atoms with Crippen LogP contribution in [0.2, 0.25) is 5.02 Å². The van der Waals surface area contributed by atoms with Crippen molar-refractivity contribution in [2.24, 2.45) is 0 Å². The average Bonchev–Trinajstić information content (AvgIpc) is 3.11. The fourth-order valence-electron chi connectivity index (χ4n) is 4.28. The second kappa shape index (κ2) is 12.7. The minimum absolute atomic E-state index is 0.0693. The molecule has 1 aliphatic heterocycles. The predicted molar refractivity (Wildman–Crippen MR) is 136 cm³/mol. The van der Waals surface area contributed by atoms with E-state index in [-0.39, 0.29) is 11.3 Å². The van der Waals surface area contributed by atoms with Gasteiger partial charge >= 0.3 is 0 Å². The highest BCUT2D eigenvalue weighted by Crippen LogP contribution is 2.38. The maximum Gasteiger partial charge on any atom is 0.295 e. The van der Waals surface area contributed by atoms with Crippen molar-refractivity contribution >= 4 is 29.1 Å². The van der Waals surface area contributed by atoms with Gasteiger partial charge in [0.1, 0.15) is 11.8 Å². The zero-order valence-corrected chi connectivity index (χ0v) is 20.8. The molecule has 0 saturated carbocycles. The fraction of sp³-hybridized carbons (Fsp3) is 0.444. The van der Waals surface area contributed by atoms with Crippen molar-refractivity contribution in [3.63, 3.8) is 0 Å². The summed E-state index contributed by atoms with van der Waals surface area (Å²) in [4.78, 5) is 34.6. The Kier molecular flexibility index (Phi) is 9.66. The van der Waals surface area contributed by atoms with Crippen LogP contribution in [0.5, 0.6) is 0 Å². The van der Waals surface area contributed by atoms with Crippen LogP contribution in [0, 0.1) is 0 Å². The van der Waals surface area contributed by atoms with E-state index < -0.39 is 17.7 Å². The third kappa shape index (κ3) is 6.24. The molecule has 34 heavy (non-hydrogen) atoms. The SMILES string of the molecule is CCCCN(CCCC)CCCN1C(=O)C(=O)C(=C(O)c2ccc(Cl)cc2)C1c1ccccn1. The smallest absolute Gasteiger partial charge is 0.295 e. The van der Waals surface area contributed by atoms with Crippen LogP contribution in [0.25, 0.3) is 5.76 Å².